The van der Waals surface area contributed by atoms with Crippen LogP contribution in [0.15, 0.2) is 65.5 Å². The van der Waals surface area contributed by atoms with Crippen LogP contribution in [0.4, 0.5) is 0 Å². The molecule has 3 aromatic rings. The highest BCUT2D eigenvalue weighted by molar-refractivity contribution is 5.95. The smallest absolute Gasteiger partial charge is 0.287 e. The monoisotopic (exact) mass is 380 g/mol. The number of carbonyl (C=O) groups is 2. The van der Waals surface area contributed by atoms with Crippen LogP contribution in [-0.4, -0.2) is 34.2 Å². The van der Waals surface area contributed by atoms with Gasteiger partial charge in [-0.3, -0.25) is 9.59 Å². The molecule has 0 aliphatic rings. The van der Waals surface area contributed by atoms with Gasteiger partial charge in [-0.15, -0.1) is 0 Å². The Kier molecular flexibility index (Phi) is 6.26. The molecule has 1 atom stereocenters. The number of amides is 2. The van der Waals surface area contributed by atoms with E-state index in [0.717, 1.165) is 11.3 Å². The Balaban J connectivity index is 1.51. The van der Waals surface area contributed by atoms with E-state index < -0.39 is 11.9 Å². The number of aromatic nitrogens is 2. The molecule has 0 aliphatic heterocycles. The minimum Gasteiger partial charge on any atom is -0.459 e. The van der Waals surface area contributed by atoms with Gasteiger partial charge in [0, 0.05) is 18.9 Å². The van der Waals surface area contributed by atoms with Gasteiger partial charge in [-0.2, -0.15) is 5.10 Å². The molecule has 1 unspecified atom stereocenters. The fourth-order valence-corrected chi connectivity index (χ4v) is 2.83. The van der Waals surface area contributed by atoms with Crippen molar-refractivity contribution in [3.05, 3.63) is 72.4 Å². The molecule has 0 saturated carbocycles. The molecule has 2 N–H and O–H groups in total. The lowest BCUT2D eigenvalue weighted by Gasteiger charge is -2.21. The minimum absolute atomic E-state index is 0.0488. The summed E-state index contributed by atoms with van der Waals surface area (Å²) in [6.45, 7) is 4.27. The van der Waals surface area contributed by atoms with E-state index in [1.54, 1.807) is 23.0 Å². The van der Waals surface area contributed by atoms with Gasteiger partial charge >= 0.3 is 0 Å². The van der Waals surface area contributed by atoms with Crippen LogP contribution in [0, 0.1) is 5.92 Å². The third-order valence-corrected chi connectivity index (χ3v) is 4.40. The molecule has 1 aromatic carbocycles. The number of benzene rings is 1. The fourth-order valence-electron chi connectivity index (χ4n) is 2.83. The van der Waals surface area contributed by atoms with Crippen LogP contribution in [0.2, 0.25) is 0 Å². The van der Waals surface area contributed by atoms with Gasteiger partial charge in [0.15, 0.2) is 5.76 Å². The topological polar surface area (TPSA) is 89.2 Å². The summed E-state index contributed by atoms with van der Waals surface area (Å²) in [4.78, 5) is 24.7. The van der Waals surface area contributed by atoms with Gasteiger partial charge in [0.1, 0.15) is 6.04 Å². The summed E-state index contributed by atoms with van der Waals surface area (Å²) in [7, 11) is 0. The molecule has 2 aromatic heterocycles. The van der Waals surface area contributed by atoms with E-state index in [4.69, 9.17) is 4.42 Å². The quantitative estimate of drug-likeness (QED) is 0.629. The molecule has 0 aliphatic carbocycles. The zero-order valence-electron chi connectivity index (χ0n) is 16.0. The molecule has 0 bridgehead atoms. The highest BCUT2D eigenvalue weighted by atomic mass is 16.3. The average molecular weight is 380 g/mol. The molecule has 146 valence electrons. The first kappa shape index (κ1) is 19.4. The molecule has 3 rings (SSSR count). The Labute approximate surface area is 163 Å². The Hall–Kier alpha value is -3.35. The molecular formula is C21H24N4O3. The van der Waals surface area contributed by atoms with Gasteiger partial charge in [-0.25, -0.2) is 4.68 Å². The summed E-state index contributed by atoms with van der Waals surface area (Å²) in [5.74, 6) is -0.459. The lowest BCUT2D eigenvalue weighted by molar-refractivity contribution is -0.123. The van der Waals surface area contributed by atoms with Crippen molar-refractivity contribution in [2.45, 2.75) is 26.3 Å². The van der Waals surface area contributed by atoms with Crippen molar-refractivity contribution >= 4 is 11.8 Å². The van der Waals surface area contributed by atoms with Crippen molar-refractivity contribution in [1.29, 1.82) is 0 Å². The van der Waals surface area contributed by atoms with Crippen molar-refractivity contribution in [2.75, 3.05) is 6.54 Å². The van der Waals surface area contributed by atoms with E-state index in [1.807, 2.05) is 50.4 Å². The van der Waals surface area contributed by atoms with Gasteiger partial charge in [0.25, 0.3) is 5.91 Å². The molecule has 7 nitrogen and oxygen atoms in total. The number of carbonyl (C=O) groups excluding carboxylic acids is 2. The Bertz CT molecular complexity index is 884. The van der Waals surface area contributed by atoms with E-state index in [9.17, 15) is 9.59 Å². The van der Waals surface area contributed by atoms with Gasteiger partial charge in [0.2, 0.25) is 5.91 Å². The summed E-state index contributed by atoms with van der Waals surface area (Å²) >= 11 is 0. The highest BCUT2D eigenvalue weighted by Gasteiger charge is 2.25. The van der Waals surface area contributed by atoms with Crippen LogP contribution in [0.25, 0.3) is 5.69 Å². The minimum atomic E-state index is -0.625. The van der Waals surface area contributed by atoms with Crippen LogP contribution in [0.3, 0.4) is 0 Å². The van der Waals surface area contributed by atoms with Crippen LogP contribution in [-0.2, 0) is 11.2 Å². The first-order chi connectivity index (χ1) is 13.5. The number of nitrogens with zero attached hydrogens (tertiary/aromatic N) is 2. The molecule has 0 spiro atoms. The molecule has 2 heterocycles. The van der Waals surface area contributed by atoms with Gasteiger partial charge in [-0.1, -0.05) is 26.0 Å². The third-order valence-electron chi connectivity index (χ3n) is 4.40. The number of hydrogen-bond acceptors (Lipinski definition) is 4. The summed E-state index contributed by atoms with van der Waals surface area (Å²) in [5.41, 5.74) is 2.09. The number of hydrogen-bond donors (Lipinski definition) is 2. The molecule has 0 radical (unpaired) electrons. The van der Waals surface area contributed by atoms with Crippen molar-refractivity contribution in [1.82, 2.24) is 20.4 Å². The molecule has 28 heavy (non-hydrogen) atoms. The van der Waals surface area contributed by atoms with Crippen molar-refractivity contribution < 1.29 is 14.0 Å². The van der Waals surface area contributed by atoms with Crippen molar-refractivity contribution in [2.24, 2.45) is 5.92 Å². The Morgan fingerprint density at radius 1 is 1.14 bits per heavy atom. The molecule has 0 fully saturated rings. The number of rotatable bonds is 8. The molecule has 2 amide bonds. The average Bonchev–Trinajstić information content (AvgIpc) is 3.40. The third kappa shape index (κ3) is 4.88. The maximum atomic E-state index is 12.5. The van der Waals surface area contributed by atoms with Crippen molar-refractivity contribution in [3.8, 4) is 5.69 Å². The SMILES string of the molecule is CC(C)C(NC(=O)c1ccco1)C(=O)NCCc1ccc(-n2cccn2)cc1. The second kappa shape index (κ2) is 9.03. The number of nitrogens with one attached hydrogen (secondary N) is 2. The normalized spacial score (nSPS) is 12.0. The number of furan rings is 1. The molecule has 7 heteroatoms. The zero-order valence-corrected chi connectivity index (χ0v) is 16.0. The van der Waals surface area contributed by atoms with Crippen LogP contribution in [0.5, 0.6) is 0 Å². The maximum Gasteiger partial charge on any atom is 0.287 e. The lowest BCUT2D eigenvalue weighted by Crippen LogP contribution is -2.50. The largest absolute Gasteiger partial charge is 0.459 e. The summed E-state index contributed by atoms with van der Waals surface area (Å²) in [6, 6.07) is 12.5. The second-order valence-corrected chi connectivity index (χ2v) is 6.83. The van der Waals surface area contributed by atoms with Crippen molar-refractivity contribution in [3.63, 3.8) is 0 Å². The summed E-state index contributed by atoms with van der Waals surface area (Å²) in [6.07, 6.45) is 5.75. The van der Waals surface area contributed by atoms with Crippen LogP contribution < -0.4 is 10.6 Å². The van der Waals surface area contributed by atoms with E-state index in [-0.39, 0.29) is 17.6 Å². The molecular weight excluding hydrogens is 356 g/mol. The summed E-state index contributed by atoms with van der Waals surface area (Å²) in [5, 5.41) is 9.84. The summed E-state index contributed by atoms with van der Waals surface area (Å²) < 4.78 is 6.87. The van der Waals surface area contributed by atoms with E-state index in [2.05, 4.69) is 15.7 Å². The van der Waals surface area contributed by atoms with Crippen LogP contribution >= 0.6 is 0 Å². The van der Waals surface area contributed by atoms with Gasteiger partial charge < -0.3 is 15.1 Å². The molecule has 0 saturated heterocycles. The van der Waals surface area contributed by atoms with E-state index in [1.165, 1.54) is 6.26 Å². The highest BCUT2D eigenvalue weighted by Crippen LogP contribution is 2.09. The standard InChI is InChI=1S/C21H24N4O3/c1-15(2)19(24-20(26)18-5-3-14-28-18)21(27)22-12-10-16-6-8-17(9-7-16)25-13-4-11-23-25/h3-9,11,13-15,19H,10,12H2,1-2H3,(H,22,27)(H,24,26). The first-order valence-electron chi connectivity index (χ1n) is 9.25. The van der Waals surface area contributed by atoms with Crippen LogP contribution in [0.1, 0.15) is 30.0 Å². The first-order valence-corrected chi connectivity index (χ1v) is 9.25. The lowest BCUT2D eigenvalue weighted by atomic mass is 10.0. The zero-order chi connectivity index (χ0) is 19.9. The predicted octanol–water partition coefficient (Wildman–Crippen LogP) is 2.58. The maximum absolute atomic E-state index is 12.5. The Morgan fingerprint density at radius 2 is 1.93 bits per heavy atom. The van der Waals surface area contributed by atoms with E-state index in [0.29, 0.717) is 13.0 Å². The fraction of sp³-hybridized carbons (Fsp3) is 0.286. The van der Waals surface area contributed by atoms with Gasteiger partial charge in [0.05, 0.1) is 12.0 Å². The van der Waals surface area contributed by atoms with Gasteiger partial charge in [-0.05, 0) is 48.2 Å². The second-order valence-electron chi connectivity index (χ2n) is 6.83. The Morgan fingerprint density at radius 3 is 2.54 bits per heavy atom. The van der Waals surface area contributed by atoms with E-state index >= 15 is 0 Å². The predicted molar refractivity (Wildman–Crippen MR) is 105 cm³/mol.